The van der Waals surface area contributed by atoms with E-state index in [0.29, 0.717) is 17.1 Å². The van der Waals surface area contributed by atoms with Gasteiger partial charge in [0.2, 0.25) is 0 Å². The Balaban J connectivity index is 1.49. The van der Waals surface area contributed by atoms with Gasteiger partial charge in [-0.3, -0.25) is 9.59 Å². The highest BCUT2D eigenvalue weighted by atomic mass is 35.5. The number of nitrogens with two attached hydrogens (primary N) is 1. The summed E-state index contributed by atoms with van der Waals surface area (Å²) in [5, 5.41) is 3.06. The molecule has 0 radical (unpaired) electrons. The monoisotopic (exact) mass is 501 g/mol. The summed E-state index contributed by atoms with van der Waals surface area (Å²) in [5.41, 5.74) is 6.95. The molecule has 1 aliphatic heterocycles. The number of carbonyl (C=O) groups is 3. The van der Waals surface area contributed by atoms with Crippen LogP contribution in [0.5, 0.6) is 5.75 Å². The molecule has 1 aliphatic rings. The van der Waals surface area contributed by atoms with E-state index < -0.39 is 17.8 Å². The van der Waals surface area contributed by atoms with Crippen LogP contribution in [0.4, 0.5) is 17.1 Å². The molecule has 0 atom stereocenters. The minimum Gasteiger partial charge on any atom is -0.423 e. The second kappa shape index (κ2) is 9.15. The fourth-order valence-electron chi connectivity index (χ4n) is 3.05. The first-order valence-corrected chi connectivity index (χ1v) is 10.6. The number of ether oxygens (including phenoxy) is 1. The van der Waals surface area contributed by atoms with Crippen LogP contribution in [0.1, 0.15) is 10.4 Å². The molecule has 0 spiro atoms. The molecule has 0 saturated carbocycles. The average molecular weight is 503 g/mol. The Morgan fingerprint density at radius 3 is 2.06 bits per heavy atom. The number of halogens is 3. The molecule has 0 unspecified atom stereocenters. The van der Waals surface area contributed by atoms with Crippen molar-refractivity contribution in [3.8, 4) is 5.75 Å². The number of amides is 2. The van der Waals surface area contributed by atoms with E-state index in [1.54, 1.807) is 36.4 Å². The second-order valence-corrected chi connectivity index (χ2v) is 8.17. The van der Waals surface area contributed by atoms with Crippen LogP contribution in [0.15, 0.2) is 77.5 Å². The zero-order chi connectivity index (χ0) is 23.7. The van der Waals surface area contributed by atoms with Gasteiger partial charge in [0, 0.05) is 21.4 Å². The van der Waals surface area contributed by atoms with Crippen molar-refractivity contribution in [2.24, 2.45) is 0 Å². The van der Waals surface area contributed by atoms with E-state index >= 15 is 0 Å². The second-order valence-electron chi connectivity index (χ2n) is 6.92. The Hall–Kier alpha value is -3.52. The first kappa shape index (κ1) is 22.7. The summed E-state index contributed by atoms with van der Waals surface area (Å²) in [6.45, 7) is 0. The van der Waals surface area contributed by atoms with Gasteiger partial charge >= 0.3 is 5.97 Å². The van der Waals surface area contributed by atoms with Gasteiger partial charge in [0.25, 0.3) is 11.8 Å². The summed E-state index contributed by atoms with van der Waals surface area (Å²) in [7, 11) is 0. The zero-order valence-electron chi connectivity index (χ0n) is 16.6. The van der Waals surface area contributed by atoms with Crippen molar-refractivity contribution in [2.45, 2.75) is 0 Å². The Morgan fingerprint density at radius 2 is 1.45 bits per heavy atom. The van der Waals surface area contributed by atoms with Crippen LogP contribution in [-0.2, 0) is 9.59 Å². The maximum atomic E-state index is 12.9. The van der Waals surface area contributed by atoms with E-state index in [9.17, 15) is 14.4 Å². The summed E-state index contributed by atoms with van der Waals surface area (Å²) in [5.74, 6) is -1.61. The van der Waals surface area contributed by atoms with Crippen molar-refractivity contribution in [3.63, 3.8) is 0 Å². The molecule has 0 saturated heterocycles. The lowest BCUT2D eigenvalue weighted by molar-refractivity contribution is -0.120. The molecule has 3 aromatic rings. The maximum Gasteiger partial charge on any atom is 0.343 e. The maximum absolute atomic E-state index is 12.9. The van der Waals surface area contributed by atoms with Crippen LogP contribution in [0.25, 0.3) is 0 Å². The minimum absolute atomic E-state index is 0.116. The molecule has 7 nitrogen and oxygen atoms in total. The molecule has 166 valence electrons. The third-order valence-corrected chi connectivity index (χ3v) is 5.40. The highest BCUT2D eigenvalue weighted by Gasteiger charge is 2.39. The van der Waals surface area contributed by atoms with Crippen molar-refractivity contribution in [1.29, 1.82) is 0 Å². The van der Waals surface area contributed by atoms with E-state index in [0.717, 1.165) is 4.90 Å². The molecule has 0 bridgehead atoms. The van der Waals surface area contributed by atoms with Gasteiger partial charge in [0.05, 0.1) is 11.3 Å². The van der Waals surface area contributed by atoms with Crippen molar-refractivity contribution < 1.29 is 19.1 Å². The van der Waals surface area contributed by atoms with Crippen LogP contribution in [0, 0.1) is 0 Å². The van der Waals surface area contributed by atoms with E-state index in [-0.39, 0.29) is 32.0 Å². The number of nitrogens with zero attached hydrogens (tertiary/aromatic N) is 1. The van der Waals surface area contributed by atoms with Gasteiger partial charge in [-0.05, 0) is 66.7 Å². The third kappa shape index (κ3) is 4.80. The van der Waals surface area contributed by atoms with Crippen molar-refractivity contribution in [2.75, 3.05) is 16.0 Å². The predicted molar refractivity (Wildman–Crippen MR) is 128 cm³/mol. The molecule has 3 N–H and O–H groups in total. The quantitative estimate of drug-likeness (QED) is 0.214. The molecule has 3 aromatic carbocycles. The average Bonchev–Trinajstić information content (AvgIpc) is 2.98. The van der Waals surface area contributed by atoms with Gasteiger partial charge in [0.15, 0.2) is 0 Å². The molecule has 10 heteroatoms. The lowest BCUT2D eigenvalue weighted by atomic mass is 10.2. The minimum atomic E-state index is -0.716. The summed E-state index contributed by atoms with van der Waals surface area (Å²) >= 11 is 18.1. The fourth-order valence-corrected chi connectivity index (χ4v) is 3.78. The molecular weight excluding hydrogens is 489 g/mol. The van der Waals surface area contributed by atoms with E-state index in [2.05, 4.69) is 5.32 Å². The summed E-state index contributed by atoms with van der Waals surface area (Å²) in [4.78, 5) is 38.7. The number of imide groups is 1. The van der Waals surface area contributed by atoms with Crippen molar-refractivity contribution >= 4 is 69.6 Å². The van der Waals surface area contributed by atoms with E-state index in [1.807, 2.05) is 0 Å². The van der Waals surface area contributed by atoms with Crippen LogP contribution in [-0.4, -0.2) is 17.8 Å². The Kier molecular flexibility index (Phi) is 6.29. The molecule has 4 rings (SSSR count). The SMILES string of the molecule is Nc1ccc(OC(=O)c2ccc(NC3=C(Cl)C(=O)N(c4cc(Cl)cc(Cl)c4)C3=O)cc2)cc1. The van der Waals surface area contributed by atoms with Crippen LogP contribution < -0.4 is 20.7 Å². The van der Waals surface area contributed by atoms with Crippen molar-refractivity contribution in [3.05, 3.63) is 93.1 Å². The fraction of sp³-hybridized carbons (Fsp3) is 0. The van der Waals surface area contributed by atoms with Gasteiger partial charge < -0.3 is 15.8 Å². The molecule has 33 heavy (non-hydrogen) atoms. The van der Waals surface area contributed by atoms with Gasteiger partial charge in [-0.15, -0.1) is 0 Å². The first-order chi connectivity index (χ1) is 15.7. The number of benzene rings is 3. The largest absolute Gasteiger partial charge is 0.423 e. The number of esters is 1. The molecule has 1 heterocycles. The predicted octanol–water partition coefficient (Wildman–Crippen LogP) is 5.23. The number of hydrogen-bond acceptors (Lipinski definition) is 6. The molecule has 0 aliphatic carbocycles. The van der Waals surface area contributed by atoms with Gasteiger partial charge in [0.1, 0.15) is 16.5 Å². The van der Waals surface area contributed by atoms with Crippen LogP contribution in [0.3, 0.4) is 0 Å². The van der Waals surface area contributed by atoms with E-state index in [4.69, 9.17) is 45.3 Å². The Bertz CT molecular complexity index is 1290. The van der Waals surface area contributed by atoms with Gasteiger partial charge in [-0.1, -0.05) is 34.8 Å². The zero-order valence-corrected chi connectivity index (χ0v) is 18.9. The highest BCUT2D eigenvalue weighted by molar-refractivity contribution is 6.53. The summed E-state index contributed by atoms with van der Waals surface area (Å²) in [6, 6.07) is 16.8. The number of hydrogen-bond donors (Lipinski definition) is 2. The van der Waals surface area contributed by atoms with Gasteiger partial charge in [-0.2, -0.15) is 0 Å². The summed E-state index contributed by atoms with van der Waals surface area (Å²) < 4.78 is 5.29. The molecule has 0 aromatic heterocycles. The number of nitrogens with one attached hydrogen (secondary N) is 1. The number of rotatable bonds is 5. The normalized spacial score (nSPS) is 13.5. The van der Waals surface area contributed by atoms with Crippen molar-refractivity contribution in [1.82, 2.24) is 0 Å². The van der Waals surface area contributed by atoms with Gasteiger partial charge in [-0.25, -0.2) is 9.69 Å². The van der Waals surface area contributed by atoms with Crippen LogP contribution in [0.2, 0.25) is 10.0 Å². The number of carbonyl (C=O) groups excluding carboxylic acids is 3. The van der Waals surface area contributed by atoms with E-state index in [1.165, 1.54) is 30.3 Å². The molecule has 2 amide bonds. The third-order valence-electron chi connectivity index (χ3n) is 4.61. The topological polar surface area (TPSA) is 102 Å². The summed E-state index contributed by atoms with van der Waals surface area (Å²) in [6.07, 6.45) is 0. The lowest BCUT2D eigenvalue weighted by Gasteiger charge is -2.16. The standard InChI is InChI=1S/C23H14Cl3N3O4/c24-13-9-14(25)11-17(10-13)29-21(30)19(26)20(22(29)31)28-16-5-1-12(2-6-16)23(32)33-18-7-3-15(27)4-8-18/h1-11,28H,27H2. The first-order valence-electron chi connectivity index (χ1n) is 9.42. The Morgan fingerprint density at radius 1 is 0.848 bits per heavy atom. The lowest BCUT2D eigenvalue weighted by Crippen LogP contribution is -2.32. The smallest absolute Gasteiger partial charge is 0.343 e. The molecule has 0 fully saturated rings. The number of anilines is 3. The highest BCUT2D eigenvalue weighted by Crippen LogP contribution is 2.33. The molecular formula is C23H14Cl3N3O4. The Labute approximate surface area is 203 Å². The number of nitrogen functional groups attached to an aromatic ring is 1. The van der Waals surface area contributed by atoms with Crippen LogP contribution >= 0.6 is 34.8 Å².